The Morgan fingerprint density at radius 2 is 2.00 bits per heavy atom. The third-order valence-electron chi connectivity index (χ3n) is 4.53. The fraction of sp³-hybridized carbons (Fsp3) is 0.778. The number of likely N-dealkylation sites (tertiary alicyclic amines) is 1. The van der Waals surface area contributed by atoms with E-state index in [1.54, 1.807) is 0 Å². The van der Waals surface area contributed by atoms with Gasteiger partial charge < -0.3 is 35.4 Å². The zero-order chi connectivity index (χ0) is 23.4. The summed E-state index contributed by atoms with van der Waals surface area (Å²) in [5.41, 5.74) is 0. The maximum absolute atomic E-state index is 12.8. The van der Waals surface area contributed by atoms with Crippen molar-refractivity contribution in [1.82, 2.24) is 19.2 Å². The van der Waals surface area contributed by atoms with Gasteiger partial charge in [0.2, 0.25) is 11.0 Å². The maximum Gasteiger partial charge on any atom is 0.329 e. The highest BCUT2D eigenvalue weighted by Gasteiger charge is 2.37. The number of amides is 1. The summed E-state index contributed by atoms with van der Waals surface area (Å²) in [6.07, 6.45) is 1.80. The zero-order valence-electron chi connectivity index (χ0n) is 18.1. The topological polar surface area (TPSA) is 169 Å². The standard InChI is InChI=1S/C14H22N4O4S.C4H11NO3/c1-8(2)7-9(15-14-16-13(22-3)17-23-14)11(19)18-6-4-5-10(18)12(20)21;6-2-1-5(3-7)4-8/h8-10H,4-7H2,1-3H3,(H,20,21)(H,15,16,17);6-8H,1-4H2/t9-,10-;/m0./s1. The Bertz CT molecular complexity index is 671. The third kappa shape index (κ3) is 8.91. The van der Waals surface area contributed by atoms with Crippen molar-refractivity contribution in [2.45, 2.75) is 45.2 Å². The molecule has 13 heteroatoms. The monoisotopic (exact) mass is 463 g/mol. The fourth-order valence-electron chi connectivity index (χ4n) is 3.01. The van der Waals surface area contributed by atoms with E-state index in [1.807, 2.05) is 13.8 Å². The van der Waals surface area contributed by atoms with Crippen molar-refractivity contribution in [3.63, 3.8) is 0 Å². The predicted molar refractivity (Wildman–Crippen MR) is 114 cm³/mol. The Hall–Kier alpha value is -2.06. The molecule has 1 aliphatic rings. The summed E-state index contributed by atoms with van der Waals surface area (Å²) >= 11 is 1.11. The van der Waals surface area contributed by atoms with Crippen LogP contribution in [0.15, 0.2) is 0 Å². The van der Waals surface area contributed by atoms with Crippen LogP contribution in [0.2, 0.25) is 0 Å². The maximum atomic E-state index is 12.8. The molecule has 0 radical (unpaired) electrons. The predicted octanol–water partition coefficient (Wildman–Crippen LogP) is -0.371. The first-order chi connectivity index (χ1) is 14.8. The van der Waals surface area contributed by atoms with Crippen LogP contribution < -0.4 is 10.1 Å². The summed E-state index contributed by atoms with van der Waals surface area (Å²) in [5.74, 6) is -0.869. The minimum absolute atomic E-state index is 0.0406. The van der Waals surface area contributed by atoms with Crippen molar-refractivity contribution < 1.29 is 34.8 Å². The van der Waals surface area contributed by atoms with Crippen LogP contribution in [-0.4, -0.2) is 104 Å². The molecule has 0 unspecified atom stereocenters. The first kappa shape index (κ1) is 27.0. The summed E-state index contributed by atoms with van der Waals surface area (Å²) in [6, 6.07) is -1.01. The molecule has 1 saturated heterocycles. The lowest BCUT2D eigenvalue weighted by molar-refractivity contribution is -0.148. The van der Waals surface area contributed by atoms with Gasteiger partial charge in [-0.2, -0.15) is 4.98 Å². The lowest BCUT2D eigenvalue weighted by Crippen LogP contribution is -2.48. The number of methoxy groups -OCH3 is 1. The highest BCUT2D eigenvalue weighted by Crippen LogP contribution is 2.23. The number of hydrogen-bond donors (Lipinski definition) is 5. The Morgan fingerprint density at radius 3 is 2.45 bits per heavy atom. The number of carbonyl (C=O) groups is 2. The first-order valence-electron chi connectivity index (χ1n) is 9.99. The van der Waals surface area contributed by atoms with Crippen molar-refractivity contribution >= 4 is 28.5 Å². The molecule has 2 rings (SSSR count). The number of anilines is 1. The number of carboxylic acids is 1. The summed E-state index contributed by atoms with van der Waals surface area (Å²) in [6.45, 7) is 4.36. The van der Waals surface area contributed by atoms with Crippen LogP contribution in [0.1, 0.15) is 33.1 Å². The number of ether oxygens (including phenoxy) is 1. The van der Waals surface area contributed by atoms with Gasteiger partial charge >= 0.3 is 12.0 Å². The molecular formula is C18H33N5O7S. The van der Waals surface area contributed by atoms with E-state index >= 15 is 0 Å². The molecule has 1 aromatic rings. The van der Waals surface area contributed by atoms with Crippen LogP contribution in [0.4, 0.5) is 5.13 Å². The quantitative estimate of drug-likeness (QED) is 0.271. The number of nitrogens with one attached hydrogen (secondary N) is 1. The Labute approximate surface area is 185 Å². The summed E-state index contributed by atoms with van der Waals surface area (Å²) in [5, 5.41) is 37.7. The molecule has 1 fully saturated rings. The first-order valence-corrected chi connectivity index (χ1v) is 10.8. The van der Waals surface area contributed by atoms with Gasteiger partial charge in [-0.05, 0) is 25.2 Å². The van der Waals surface area contributed by atoms with Gasteiger partial charge in [0.25, 0.3) is 0 Å². The molecule has 2 atom stereocenters. The molecule has 0 aliphatic carbocycles. The number of aliphatic hydroxyl groups is 3. The second-order valence-corrected chi connectivity index (χ2v) is 8.09. The lowest BCUT2D eigenvalue weighted by Gasteiger charge is -2.28. The number of aromatic nitrogens is 2. The molecule has 0 aromatic carbocycles. The van der Waals surface area contributed by atoms with Crippen molar-refractivity contribution in [2.24, 2.45) is 5.92 Å². The van der Waals surface area contributed by atoms with Crippen LogP contribution in [0.25, 0.3) is 0 Å². The number of hydrogen-bond acceptors (Lipinski definition) is 11. The lowest BCUT2D eigenvalue weighted by atomic mass is 10.0. The molecule has 31 heavy (non-hydrogen) atoms. The Morgan fingerprint density at radius 1 is 1.32 bits per heavy atom. The van der Waals surface area contributed by atoms with E-state index in [0.717, 1.165) is 11.5 Å². The van der Waals surface area contributed by atoms with Crippen LogP contribution in [0.3, 0.4) is 0 Å². The number of carboxylic acid groups (broad SMARTS) is 1. The smallest absolute Gasteiger partial charge is 0.329 e. The molecule has 5 N–H and O–H groups in total. The highest BCUT2D eigenvalue weighted by atomic mass is 32.1. The summed E-state index contributed by atoms with van der Waals surface area (Å²) in [4.78, 5) is 31.0. The van der Waals surface area contributed by atoms with Gasteiger partial charge in [-0.25, -0.2) is 4.79 Å². The minimum atomic E-state index is -0.947. The normalized spacial score (nSPS) is 16.8. The van der Waals surface area contributed by atoms with Crippen LogP contribution >= 0.6 is 11.5 Å². The van der Waals surface area contributed by atoms with Gasteiger partial charge in [0.1, 0.15) is 12.1 Å². The van der Waals surface area contributed by atoms with Gasteiger partial charge in [0, 0.05) is 24.6 Å². The minimum Gasteiger partial charge on any atom is -0.480 e. The van der Waals surface area contributed by atoms with E-state index in [-0.39, 0.29) is 37.9 Å². The Kier molecular flexibility index (Phi) is 12.3. The molecule has 1 amide bonds. The van der Waals surface area contributed by atoms with E-state index in [9.17, 15) is 14.7 Å². The number of nitrogens with zero attached hydrogens (tertiary/aromatic N) is 4. The number of aliphatic carboxylic acids is 1. The van der Waals surface area contributed by atoms with Crippen LogP contribution in [-0.2, 0) is 9.59 Å². The van der Waals surface area contributed by atoms with Gasteiger partial charge in [-0.3, -0.25) is 9.69 Å². The number of carbonyl (C=O) groups excluding carboxylic acids is 1. The third-order valence-corrected chi connectivity index (χ3v) is 5.16. The number of rotatable bonds is 11. The van der Waals surface area contributed by atoms with Crippen molar-refractivity contribution in [3.05, 3.63) is 0 Å². The van der Waals surface area contributed by atoms with Gasteiger partial charge in [0.05, 0.1) is 27.2 Å². The average Bonchev–Trinajstić information content (AvgIpc) is 3.40. The molecule has 0 spiro atoms. The van der Waals surface area contributed by atoms with Crippen molar-refractivity contribution in [2.75, 3.05) is 45.6 Å². The molecule has 0 bridgehead atoms. The van der Waals surface area contributed by atoms with Crippen LogP contribution in [0.5, 0.6) is 6.01 Å². The molecule has 1 aromatic heterocycles. The van der Waals surface area contributed by atoms with E-state index in [4.69, 9.17) is 20.1 Å². The number of aliphatic hydroxyl groups excluding tert-OH is 3. The van der Waals surface area contributed by atoms with Gasteiger partial charge in [-0.1, -0.05) is 13.8 Å². The Balaban J connectivity index is 0.000000512. The van der Waals surface area contributed by atoms with E-state index in [1.165, 1.54) is 16.9 Å². The SMILES string of the molecule is COc1nsc(N[C@@H](CC(C)C)C(=O)N2CCC[C@H]2C(=O)O)n1.OCCN(CO)CO. The van der Waals surface area contributed by atoms with E-state index < -0.39 is 18.1 Å². The van der Waals surface area contributed by atoms with E-state index in [2.05, 4.69) is 14.7 Å². The molecule has 0 saturated carbocycles. The largest absolute Gasteiger partial charge is 0.480 e. The van der Waals surface area contributed by atoms with E-state index in [0.29, 0.717) is 37.5 Å². The van der Waals surface area contributed by atoms with Crippen molar-refractivity contribution in [3.8, 4) is 6.01 Å². The highest BCUT2D eigenvalue weighted by molar-refractivity contribution is 7.09. The summed E-state index contributed by atoms with van der Waals surface area (Å²) in [7, 11) is 1.48. The average molecular weight is 464 g/mol. The van der Waals surface area contributed by atoms with Gasteiger partial charge in [0.15, 0.2) is 0 Å². The van der Waals surface area contributed by atoms with Gasteiger partial charge in [-0.15, -0.1) is 4.37 Å². The molecule has 12 nitrogen and oxygen atoms in total. The zero-order valence-corrected chi connectivity index (χ0v) is 18.9. The summed E-state index contributed by atoms with van der Waals surface area (Å²) < 4.78 is 8.94. The second-order valence-electron chi connectivity index (χ2n) is 7.34. The molecule has 1 aliphatic heterocycles. The van der Waals surface area contributed by atoms with Crippen LogP contribution in [0, 0.1) is 5.92 Å². The molecular weight excluding hydrogens is 430 g/mol. The molecule has 2 heterocycles. The fourth-order valence-corrected chi connectivity index (χ4v) is 3.60. The molecule has 178 valence electrons. The van der Waals surface area contributed by atoms with Crippen molar-refractivity contribution in [1.29, 1.82) is 0 Å². The second kappa shape index (κ2) is 14.1.